The van der Waals surface area contributed by atoms with E-state index in [0.717, 1.165) is 15.6 Å². The zero-order chi connectivity index (χ0) is 38.7. The molecule has 3 aromatic carbocycles. The third-order valence-electron chi connectivity index (χ3n) is 9.00. The number of rotatable bonds is 11. The van der Waals surface area contributed by atoms with Gasteiger partial charge in [0.1, 0.15) is 11.4 Å². The van der Waals surface area contributed by atoms with Gasteiger partial charge < -0.3 is 23.9 Å². The van der Waals surface area contributed by atoms with Crippen LogP contribution in [-0.4, -0.2) is 76.0 Å². The molecular formula is C39H42N6O8S. The summed E-state index contributed by atoms with van der Waals surface area (Å²) >= 11 is 0. The lowest BCUT2D eigenvalue weighted by molar-refractivity contribution is -0.144. The lowest BCUT2D eigenvalue weighted by Gasteiger charge is -2.35. The molecule has 3 heterocycles. The minimum Gasteiger partial charge on any atom is -0.497 e. The summed E-state index contributed by atoms with van der Waals surface area (Å²) in [4.78, 5) is 39.0. The Morgan fingerprint density at radius 1 is 0.981 bits per heavy atom. The van der Waals surface area contributed by atoms with Gasteiger partial charge in [-0.05, 0) is 100.0 Å². The van der Waals surface area contributed by atoms with E-state index in [0.29, 0.717) is 37.5 Å². The van der Waals surface area contributed by atoms with E-state index in [1.807, 2.05) is 24.3 Å². The topological polar surface area (TPSA) is 164 Å². The summed E-state index contributed by atoms with van der Waals surface area (Å²) in [6, 6.07) is 23.5. The first-order valence-electron chi connectivity index (χ1n) is 17.4. The van der Waals surface area contributed by atoms with Crippen LogP contribution in [0.2, 0.25) is 0 Å². The van der Waals surface area contributed by atoms with Crippen molar-refractivity contribution < 1.29 is 37.1 Å². The van der Waals surface area contributed by atoms with Crippen molar-refractivity contribution in [3.05, 3.63) is 107 Å². The Morgan fingerprint density at radius 2 is 1.69 bits per heavy atom. The summed E-state index contributed by atoms with van der Waals surface area (Å²) in [6.45, 7) is 9.66. The fourth-order valence-electron chi connectivity index (χ4n) is 6.48. The number of benzene rings is 3. The van der Waals surface area contributed by atoms with E-state index in [2.05, 4.69) is 21.3 Å². The van der Waals surface area contributed by atoms with Gasteiger partial charge in [-0.3, -0.25) is 10.1 Å². The number of carbonyl (C=O) groups excluding carboxylic acids is 2. The lowest BCUT2D eigenvalue weighted by Crippen LogP contribution is -2.52. The number of amides is 1. The lowest BCUT2D eigenvalue weighted by atomic mass is 9.83. The molecule has 0 bridgehead atoms. The molecule has 0 radical (unpaired) electrons. The van der Waals surface area contributed by atoms with Crippen LogP contribution in [0.5, 0.6) is 11.6 Å². The molecule has 2 aliphatic rings. The van der Waals surface area contributed by atoms with Crippen molar-refractivity contribution in [3.63, 3.8) is 0 Å². The molecule has 1 N–H and O–H groups in total. The van der Waals surface area contributed by atoms with E-state index >= 15 is 4.79 Å². The van der Waals surface area contributed by atoms with Crippen molar-refractivity contribution in [1.82, 2.24) is 15.4 Å². The molecule has 0 saturated carbocycles. The van der Waals surface area contributed by atoms with Crippen LogP contribution in [0.1, 0.15) is 49.9 Å². The van der Waals surface area contributed by atoms with Crippen LogP contribution in [0.4, 0.5) is 16.2 Å². The minimum absolute atomic E-state index is 0.0961. The summed E-state index contributed by atoms with van der Waals surface area (Å²) in [5.74, 6) is -0.211. The molecule has 6 rings (SSSR count). The highest BCUT2D eigenvalue weighted by Crippen LogP contribution is 2.49. The van der Waals surface area contributed by atoms with Crippen molar-refractivity contribution in [2.24, 2.45) is 0 Å². The number of hydroxylamine groups is 2. The summed E-state index contributed by atoms with van der Waals surface area (Å²) in [7, 11) is -3.00. The number of anilines is 2. The Morgan fingerprint density at radius 3 is 2.31 bits per heavy atom. The first kappa shape index (κ1) is 38.0. The monoisotopic (exact) mass is 754 g/mol. The molecule has 0 aliphatic carbocycles. The van der Waals surface area contributed by atoms with Crippen LogP contribution in [0, 0.1) is 11.3 Å². The molecule has 4 aromatic rings. The van der Waals surface area contributed by atoms with Crippen LogP contribution in [0.3, 0.4) is 0 Å². The van der Waals surface area contributed by atoms with Crippen LogP contribution < -0.4 is 24.0 Å². The predicted molar refractivity (Wildman–Crippen MR) is 199 cm³/mol. The number of hydrogen-bond acceptors (Lipinski definition) is 13. The Labute approximate surface area is 314 Å². The van der Waals surface area contributed by atoms with Crippen LogP contribution in [0.15, 0.2) is 90.0 Å². The highest BCUT2D eigenvalue weighted by atomic mass is 32.2. The number of nitrogens with zero attached hydrogens (tertiary/aromatic N) is 5. The molecule has 0 spiro atoms. The van der Waals surface area contributed by atoms with E-state index < -0.39 is 33.2 Å². The second-order valence-electron chi connectivity index (χ2n) is 13.6. The highest BCUT2D eigenvalue weighted by Gasteiger charge is 2.57. The number of hydrogen-bond donors (Lipinski definition) is 1. The van der Waals surface area contributed by atoms with Gasteiger partial charge in [0.15, 0.2) is 5.54 Å². The zero-order valence-corrected chi connectivity index (χ0v) is 31.6. The number of aromatic nitrogens is 1. The molecule has 14 nitrogen and oxygen atoms in total. The van der Waals surface area contributed by atoms with Gasteiger partial charge in [-0.15, -0.1) is 5.06 Å². The molecule has 54 heavy (non-hydrogen) atoms. The fourth-order valence-corrected chi connectivity index (χ4v) is 7.94. The van der Waals surface area contributed by atoms with E-state index in [9.17, 15) is 18.5 Å². The second kappa shape index (κ2) is 15.3. The minimum atomic E-state index is -4.47. The third-order valence-corrected chi connectivity index (χ3v) is 10.7. The maximum atomic E-state index is 15.1. The van der Waals surface area contributed by atoms with Gasteiger partial charge >= 0.3 is 6.16 Å². The van der Waals surface area contributed by atoms with E-state index in [1.165, 1.54) is 55.8 Å². The highest BCUT2D eigenvalue weighted by molar-refractivity contribution is 7.93. The molecule has 1 unspecified atom stereocenters. The molecule has 2 aliphatic heterocycles. The van der Waals surface area contributed by atoms with Crippen LogP contribution >= 0.6 is 0 Å². The fraction of sp³-hybridized carbons (Fsp3) is 0.333. The van der Waals surface area contributed by atoms with Gasteiger partial charge in [-0.25, -0.2) is 22.5 Å². The summed E-state index contributed by atoms with van der Waals surface area (Å²) in [6.07, 6.45) is 0.793. The number of methoxy groups -OCH3 is 1. The first-order valence-corrected chi connectivity index (χ1v) is 18.9. The largest absolute Gasteiger partial charge is 0.528 e. The SMILES string of the molecule is CCOc1ncccc1C1(NCc2ccc(N3CCN(OC(=O)OC(C)(C)C)CC3)cc2)C(=O)N(S(=O)(=O)c2ccc(OC)cc2)c2ccc(C#N)cc21. The number of nitriles is 1. The molecule has 1 aromatic heterocycles. The Kier molecular flexibility index (Phi) is 10.8. The van der Waals surface area contributed by atoms with Gasteiger partial charge in [0.05, 0.1) is 49.0 Å². The predicted octanol–water partition coefficient (Wildman–Crippen LogP) is 5.12. The van der Waals surface area contributed by atoms with Gasteiger partial charge in [0, 0.05) is 42.6 Å². The Hall–Kier alpha value is -5.69. The number of ether oxygens (including phenoxy) is 3. The summed E-state index contributed by atoms with van der Waals surface area (Å²) in [5.41, 5.74) is 0.163. The molecule has 282 valence electrons. The Balaban J connectivity index is 1.32. The van der Waals surface area contributed by atoms with E-state index in [-0.39, 0.29) is 40.7 Å². The standard InChI is InChI=1S/C39H42N6O8S/c1-6-51-35-32(8-7-19-41-35)39(42-26-27-9-12-29(13-10-27)43-20-22-44(23-21-43)53-37(47)52-38(2,3)4)33-24-28(25-40)11-18-34(33)45(36(39)46)54(48,49)31-16-14-30(50-5)15-17-31/h7-19,24,42H,6,20-23,26H2,1-5H3. The van der Waals surface area contributed by atoms with Crippen LogP contribution in [-0.2, 0) is 36.5 Å². The van der Waals surface area contributed by atoms with Crippen LogP contribution in [0.25, 0.3) is 0 Å². The number of nitrogens with one attached hydrogen (secondary N) is 1. The van der Waals surface area contributed by atoms with Crippen molar-refractivity contribution in [2.45, 2.75) is 50.3 Å². The second-order valence-corrected chi connectivity index (χ2v) is 15.4. The van der Waals surface area contributed by atoms with Crippen molar-refractivity contribution in [3.8, 4) is 17.7 Å². The van der Waals surface area contributed by atoms with E-state index in [4.69, 9.17) is 19.0 Å². The number of fused-ring (bicyclic) bond motifs is 1. The molecule has 1 saturated heterocycles. The van der Waals surface area contributed by atoms with Crippen molar-refractivity contribution in [1.29, 1.82) is 5.26 Å². The average molecular weight is 755 g/mol. The maximum absolute atomic E-state index is 15.1. The quantitative estimate of drug-likeness (QED) is 0.201. The average Bonchev–Trinajstić information content (AvgIpc) is 3.41. The van der Waals surface area contributed by atoms with Crippen molar-refractivity contribution >= 4 is 33.5 Å². The zero-order valence-electron chi connectivity index (χ0n) is 30.7. The number of piperazine rings is 1. The third kappa shape index (κ3) is 7.54. The maximum Gasteiger partial charge on any atom is 0.528 e. The first-order chi connectivity index (χ1) is 25.8. The molecule has 1 atom stereocenters. The smallest absolute Gasteiger partial charge is 0.497 e. The number of sulfonamides is 1. The van der Waals surface area contributed by atoms with E-state index in [1.54, 1.807) is 44.9 Å². The van der Waals surface area contributed by atoms with Crippen molar-refractivity contribution in [2.75, 3.05) is 49.1 Å². The van der Waals surface area contributed by atoms with Gasteiger partial charge in [-0.2, -0.15) is 5.26 Å². The normalized spacial score (nSPS) is 17.4. The van der Waals surface area contributed by atoms with Gasteiger partial charge in [-0.1, -0.05) is 12.1 Å². The number of pyridine rings is 1. The molecular weight excluding hydrogens is 713 g/mol. The summed E-state index contributed by atoms with van der Waals surface area (Å²) in [5, 5.41) is 14.9. The Bertz CT molecular complexity index is 2160. The van der Waals surface area contributed by atoms with Gasteiger partial charge in [0.25, 0.3) is 15.9 Å². The molecule has 15 heteroatoms. The summed E-state index contributed by atoms with van der Waals surface area (Å²) < 4.78 is 45.9. The molecule has 1 amide bonds. The molecule has 1 fully saturated rings. The van der Waals surface area contributed by atoms with Gasteiger partial charge in [0.2, 0.25) is 5.88 Å². The number of carbonyl (C=O) groups is 2.